The number of anilines is 2. The number of rotatable bonds is 8. The summed E-state index contributed by atoms with van der Waals surface area (Å²) in [5.41, 5.74) is 7.18. The maximum Gasteiger partial charge on any atom is 0.137 e. The monoisotopic (exact) mass is 292 g/mol. The summed E-state index contributed by atoms with van der Waals surface area (Å²) in [6, 6.07) is 0. The van der Waals surface area contributed by atoms with Crippen LogP contribution in [0.25, 0.3) is 0 Å². The first kappa shape index (κ1) is 17.7. The second-order valence-corrected chi connectivity index (χ2v) is 7.00. The van der Waals surface area contributed by atoms with Crippen molar-refractivity contribution in [2.75, 3.05) is 23.7 Å². The van der Waals surface area contributed by atoms with E-state index in [1.807, 2.05) is 0 Å². The van der Waals surface area contributed by atoms with Gasteiger partial charge in [0.1, 0.15) is 18.0 Å². The van der Waals surface area contributed by atoms with Gasteiger partial charge in [-0.05, 0) is 30.6 Å². The number of aromatic nitrogens is 2. The van der Waals surface area contributed by atoms with Gasteiger partial charge >= 0.3 is 0 Å². The summed E-state index contributed by atoms with van der Waals surface area (Å²) in [6.45, 7) is 15.4. The van der Waals surface area contributed by atoms with Crippen molar-refractivity contribution in [1.82, 2.24) is 9.97 Å². The maximum atomic E-state index is 6.09. The molecule has 1 rings (SSSR count). The minimum atomic E-state index is 0.335. The van der Waals surface area contributed by atoms with Gasteiger partial charge in [0.05, 0.1) is 0 Å². The van der Waals surface area contributed by atoms with Gasteiger partial charge in [-0.15, -0.1) is 0 Å². The van der Waals surface area contributed by atoms with Crippen LogP contribution in [0.4, 0.5) is 11.6 Å². The van der Waals surface area contributed by atoms with Crippen molar-refractivity contribution in [3.05, 3.63) is 11.9 Å². The number of hydrogen-bond donors (Lipinski definition) is 1. The SMILES string of the molecule is CC(C)CCN(CCC(C)C)c1ncnc(N)c1C(C)C. The quantitative estimate of drug-likeness (QED) is 0.784. The third-order valence-corrected chi connectivity index (χ3v) is 3.72. The van der Waals surface area contributed by atoms with Gasteiger partial charge in [-0.1, -0.05) is 41.5 Å². The van der Waals surface area contributed by atoms with E-state index in [0.29, 0.717) is 23.6 Å². The minimum absolute atomic E-state index is 0.335. The van der Waals surface area contributed by atoms with Crippen LogP contribution < -0.4 is 10.6 Å². The number of nitrogens with zero attached hydrogens (tertiary/aromatic N) is 3. The van der Waals surface area contributed by atoms with E-state index in [4.69, 9.17) is 5.73 Å². The van der Waals surface area contributed by atoms with Gasteiger partial charge in [-0.25, -0.2) is 9.97 Å². The molecule has 0 radical (unpaired) electrons. The van der Waals surface area contributed by atoms with Crippen molar-refractivity contribution in [1.29, 1.82) is 0 Å². The van der Waals surface area contributed by atoms with E-state index in [-0.39, 0.29) is 0 Å². The maximum absolute atomic E-state index is 6.09. The van der Waals surface area contributed by atoms with Crippen LogP contribution in [0.3, 0.4) is 0 Å². The van der Waals surface area contributed by atoms with Crippen LogP contribution >= 0.6 is 0 Å². The van der Waals surface area contributed by atoms with Crippen molar-refractivity contribution in [3.63, 3.8) is 0 Å². The topological polar surface area (TPSA) is 55.0 Å². The van der Waals surface area contributed by atoms with Crippen LogP contribution in [0.5, 0.6) is 0 Å². The molecule has 0 unspecified atom stereocenters. The lowest BCUT2D eigenvalue weighted by Gasteiger charge is -2.28. The fourth-order valence-corrected chi connectivity index (χ4v) is 2.36. The summed E-state index contributed by atoms with van der Waals surface area (Å²) < 4.78 is 0. The molecule has 0 aliphatic heterocycles. The summed E-state index contributed by atoms with van der Waals surface area (Å²) in [5, 5.41) is 0. The fraction of sp³-hybridized carbons (Fsp3) is 0.765. The van der Waals surface area contributed by atoms with E-state index in [0.717, 1.165) is 24.5 Å². The van der Waals surface area contributed by atoms with Gasteiger partial charge in [0.25, 0.3) is 0 Å². The van der Waals surface area contributed by atoms with Gasteiger partial charge in [0, 0.05) is 18.7 Å². The molecule has 0 fully saturated rings. The van der Waals surface area contributed by atoms with Gasteiger partial charge in [-0.2, -0.15) is 0 Å². The molecule has 2 N–H and O–H groups in total. The Kier molecular flexibility index (Phi) is 6.93. The summed E-state index contributed by atoms with van der Waals surface area (Å²) in [6.07, 6.45) is 3.92. The molecule has 1 aromatic rings. The zero-order valence-corrected chi connectivity index (χ0v) is 14.6. The van der Waals surface area contributed by atoms with Crippen LogP contribution in [-0.2, 0) is 0 Å². The van der Waals surface area contributed by atoms with Gasteiger partial charge in [0.15, 0.2) is 0 Å². The molecule has 1 heterocycles. The zero-order chi connectivity index (χ0) is 16.0. The van der Waals surface area contributed by atoms with Crippen molar-refractivity contribution >= 4 is 11.6 Å². The van der Waals surface area contributed by atoms with Gasteiger partial charge in [-0.3, -0.25) is 0 Å². The molecule has 0 aliphatic carbocycles. The summed E-state index contributed by atoms with van der Waals surface area (Å²) in [7, 11) is 0. The number of nitrogen functional groups attached to an aromatic ring is 1. The van der Waals surface area contributed by atoms with Crippen LogP contribution in [0.15, 0.2) is 6.33 Å². The Labute approximate surface area is 130 Å². The standard InChI is InChI=1S/C17H32N4/c1-12(2)7-9-21(10-8-13(3)4)17-15(14(5)6)16(18)19-11-20-17/h11-14H,7-10H2,1-6H3,(H2,18,19,20). The van der Waals surface area contributed by atoms with E-state index >= 15 is 0 Å². The second-order valence-electron chi connectivity index (χ2n) is 7.00. The third-order valence-electron chi connectivity index (χ3n) is 3.72. The largest absolute Gasteiger partial charge is 0.383 e. The van der Waals surface area contributed by atoms with Crippen LogP contribution in [0, 0.1) is 11.8 Å². The zero-order valence-electron chi connectivity index (χ0n) is 14.6. The summed E-state index contributed by atoms with van der Waals surface area (Å²) in [5.74, 6) is 3.36. The molecule has 1 aromatic heterocycles. The molecule has 0 atom stereocenters. The molecule has 0 saturated carbocycles. The van der Waals surface area contributed by atoms with Crippen molar-refractivity contribution < 1.29 is 0 Å². The van der Waals surface area contributed by atoms with E-state index in [1.54, 1.807) is 6.33 Å². The highest BCUT2D eigenvalue weighted by atomic mass is 15.2. The van der Waals surface area contributed by atoms with Crippen molar-refractivity contribution in [2.24, 2.45) is 11.8 Å². The first-order valence-electron chi connectivity index (χ1n) is 8.18. The predicted molar refractivity (Wildman–Crippen MR) is 91.7 cm³/mol. The first-order valence-corrected chi connectivity index (χ1v) is 8.18. The molecule has 0 amide bonds. The normalized spacial score (nSPS) is 11.7. The summed E-state index contributed by atoms with van der Waals surface area (Å²) >= 11 is 0. The number of hydrogen-bond acceptors (Lipinski definition) is 4. The Morgan fingerprint density at radius 1 is 0.952 bits per heavy atom. The third kappa shape index (κ3) is 5.52. The van der Waals surface area contributed by atoms with Gasteiger partial charge in [0.2, 0.25) is 0 Å². The Morgan fingerprint density at radius 3 is 1.90 bits per heavy atom. The molecular weight excluding hydrogens is 260 g/mol. The van der Waals surface area contributed by atoms with Crippen LogP contribution in [0.1, 0.15) is 65.9 Å². The second kappa shape index (κ2) is 8.20. The highest BCUT2D eigenvalue weighted by molar-refractivity contribution is 5.58. The van der Waals surface area contributed by atoms with Crippen molar-refractivity contribution in [2.45, 2.75) is 60.3 Å². The Hall–Kier alpha value is -1.32. The lowest BCUT2D eigenvalue weighted by Crippen LogP contribution is -2.30. The number of nitrogens with two attached hydrogens (primary N) is 1. The molecule has 0 spiro atoms. The molecule has 0 aliphatic rings. The molecule has 0 aromatic carbocycles. The predicted octanol–water partition coefficient (Wildman–Crippen LogP) is 4.08. The average molecular weight is 292 g/mol. The van der Waals surface area contributed by atoms with Gasteiger partial charge < -0.3 is 10.6 Å². The molecule has 4 nitrogen and oxygen atoms in total. The minimum Gasteiger partial charge on any atom is -0.383 e. The van der Waals surface area contributed by atoms with Crippen LogP contribution in [-0.4, -0.2) is 23.1 Å². The molecule has 4 heteroatoms. The molecule has 0 saturated heterocycles. The Balaban J connectivity index is 3.03. The molecule has 21 heavy (non-hydrogen) atoms. The van der Waals surface area contributed by atoms with E-state index in [1.165, 1.54) is 12.8 Å². The lowest BCUT2D eigenvalue weighted by atomic mass is 10.0. The highest BCUT2D eigenvalue weighted by Crippen LogP contribution is 2.29. The van der Waals surface area contributed by atoms with Crippen LogP contribution in [0.2, 0.25) is 0 Å². The van der Waals surface area contributed by atoms with E-state index in [2.05, 4.69) is 56.4 Å². The van der Waals surface area contributed by atoms with Crippen molar-refractivity contribution in [3.8, 4) is 0 Å². The Morgan fingerprint density at radius 2 is 1.48 bits per heavy atom. The Bertz CT molecular complexity index is 415. The average Bonchev–Trinajstić information content (AvgIpc) is 2.37. The lowest BCUT2D eigenvalue weighted by molar-refractivity contribution is 0.531. The molecule has 0 bridgehead atoms. The first-order chi connectivity index (χ1) is 9.82. The highest BCUT2D eigenvalue weighted by Gasteiger charge is 2.19. The fourth-order valence-electron chi connectivity index (χ4n) is 2.36. The van der Waals surface area contributed by atoms with E-state index in [9.17, 15) is 0 Å². The molecule has 120 valence electrons. The molecular formula is C17H32N4. The smallest absolute Gasteiger partial charge is 0.137 e. The summed E-state index contributed by atoms with van der Waals surface area (Å²) in [4.78, 5) is 11.1. The van der Waals surface area contributed by atoms with E-state index < -0.39 is 0 Å².